The molecule has 6 nitrogen and oxygen atoms in total. The predicted octanol–water partition coefficient (Wildman–Crippen LogP) is 3.30. The topological polar surface area (TPSA) is 75.8 Å². The SMILES string of the molecule is Cc1cc(C(=O)N2CCCC(O)(COc3cc(C)c(Cl)c(C)c3)C2)no1. The highest BCUT2D eigenvalue weighted by molar-refractivity contribution is 6.32. The molecule has 1 aliphatic heterocycles. The third kappa shape index (κ3) is 4.02. The van der Waals surface area contributed by atoms with E-state index in [1.54, 1.807) is 17.9 Å². The Bertz CT molecular complexity index is 797. The van der Waals surface area contributed by atoms with Gasteiger partial charge in [-0.3, -0.25) is 4.79 Å². The molecule has 26 heavy (non-hydrogen) atoms. The maximum atomic E-state index is 12.5. The van der Waals surface area contributed by atoms with E-state index in [4.69, 9.17) is 20.9 Å². The zero-order chi connectivity index (χ0) is 18.9. The number of aliphatic hydroxyl groups is 1. The lowest BCUT2D eigenvalue weighted by Gasteiger charge is -2.38. The number of carbonyl (C=O) groups is 1. The normalized spacial score (nSPS) is 20.3. The Morgan fingerprint density at radius 2 is 2.04 bits per heavy atom. The number of rotatable bonds is 4. The molecule has 0 spiro atoms. The summed E-state index contributed by atoms with van der Waals surface area (Å²) in [4.78, 5) is 14.1. The van der Waals surface area contributed by atoms with Gasteiger partial charge in [0.15, 0.2) is 5.69 Å². The fourth-order valence-electron chi connectivity index (χ4n) is 3.24. The van der Waals surface area contributed by atoms with Crippen LogP contribution in [0.3, 0.4) is 0 Å². The number of aromatic nitrogens is 1. The average molecular weight is 379 g/mol. The second-order valence-corrected chi connectivity index (χ2v) is 7.42. The largest absolute Gasteiger partial charge is 0.491 e. The summed E-state index contributed by atoms with van der Waals surface area (Å²) in [5.41, 5.74) is 1.01. The summed E-state index contributed by atoms with van der Waals surface area (Å²) in [5, 5.41) is 15.4. The molecule has 1 aliphatic rings. The molecular formula is C19H23ClN2O4. The first kappa shape index (κ1) is 18.7. The van der Waals surface area contributed by atoms with Gasteiger partial charge in [0.2, 0.25) is 0 Å². The first-order chi connectivity index (χ1) is 12.3. The zero-order valence-corrected chi connectivity index (χ0v) is 16.0. The summed E-state index contributed by atoms with van der Waals surface area (Å²) in [6, 6.07) is 5.30. The van der Waals surface area contributed by atoms with Crippen LogP contribution in [0.5, 0.6) is 5.75 Å². The van der Waals surface area contributed by atoms with Gasteiger partial charge in [-0.1, -0.05) is 16.8 Å². The first-order valence-corrected chi connectivity index (χ1v) is 9.00. The Morgan fingerprint density at radius 3 is 2.65 bits per heavy atom. The Labute approximate surface area is 157 Å². The van der Waals surface area contributed by atoms with E-state index in [1.807, 2.05) is 26.0 Å². The lowest BCUT2D eigenvalue weighted by atomic mass is 9.93. The van der Waals surface area contributed by atoms with Gasteiger partial charge in [0, 0.05) is 17.6 Å². The Kier molecular flexibility index (Phi) is 5.25. The van der Waals surface area contributed by atoms with Crippen LogP contribution < -0.4 is 4.74 Å². The number of benzene rings is 1. The number of amides is 1. The highest BCUT2D eigenvalue weighted by Gasteiger charge is 2.37. The molecule has 140 valence electrons. The molecule has 0 aliphatic carbocycles. The van der Waals surface area contributed by atoms with E-state index in [2.05, 4.69) is 5.16 Å². The van der Waals surface area contributed by atoms with Gasteiger partial charge in [-0.15, -0.1) is 0 Å². The Morgan fingerprint density at radius 1 is 1.35 bits per heavy atom. The first-order valence-electron chi connectivity index (χ1n) is 8.62. The molecule has 0 bridgehead atoms. The molecule has 1 unspecified atom stereocenters. The van der Waals surface area contributed by atoms with Crippen molar-refractivity contribution in [3.05, 3.63) is 45.8 Å². The molecule has 0 saturated carbocycles. The monoisotopic (exact) mass is 378 g/mol. The third-order valence-corrected chi connectivity index (χ3v) is 5.20. The molecule has 1 aromatic heterocycles. The van der Waals surface area contributed by atoms with Crippen LogP contribution in [-0.4, -0.2) is 46.4 Å². The summed E-state index contributed by atoms with van der Waals surface area (Å²) in [6.45, 7) is 6.44. The number of halogens is 1. The Hall–Kier alpha value is -2.05. The van der Waals surface area contributed by atoms with E-state index in [0.717, 1.165) is 11.1 Å². The summed E-state index contributed by atoms with van der Waals surface area (Å²) >= 11 is 6.18. The summed E-state index contributed by atoms with van der Waals surface area (Å²) in [7, 11) is 0. The Balaban J connectivity index is 1.66. The standard InChI is InChI=1S/C19H23ClN2O4/c1-12-7-15(8-13(2)17(12)20)25-11-19(24)5-4-6-22(10-19)18(23)16-9-14(3)26-21-16/h7-9,24H,4-6,10-11H2,1-3H3. The molecule has 7 heteroatoms. The average Bonchev–Trinajstić information content (AvgIpc) is 3.03. The molecule has 1 atom stereocenters. The lowest BCUT2D eigenvalue weighted by molar-refractivity contribution is -0.0533. The van der Waals surface area contributed by atoms with Crippen LogP contribution in [0.1, 0.15) is 40.2 Å². The van der Waals surface area contributed by atoms with Gasteiger partial charge < -0.3 is 19.3 Å². The molecule has 1 amide bonds. The zero-order valence-electron chi connectivity index (χ0n) is 15.2. The quantitative estimate of drug-likeness (QED) is 0.883. The predicted molar refractivity (Wildman–Crippen MR) is 97.7 cm³/mol. The van der Waals surface area contributed by atoms with E-state index in [0.29, 0.717) is 35.9 Å². The number of hydrogen-bond acceptors (Lipinski definition) is 5. The van der Waals surface area contributed by atoms with Crippen molar-refractivity contribution in [1.29, 1.82) is 0 Å². The fraction of sp³-hybridized carbons (Fsp3) is 0.474. The number of hydrogen-bond donors (Lipinski definition) is 1. The van der Waals surface area contributed by atoms with Crippen molar-refractivity contribution in [3.63, 3.8) is 0 Å². The molecule has 0 radical (unpaired) electrons. The molecule has 1 aromatic carbocycles. The van der Waals surface area contributed by atoms with Gasteiger partial charge in [-0.25, -0.2) is 0 Å². The number of aryl methyl sites for hydroxylation is 3. The molecule has 2 aromatic rings. The summed E-state index contributed by atoms with van der Waals surface area (Å²) in [5.74, 6) is 1.00. The van der Waals surface area contributed by atoms with Crippen molar-refractivity contribution in [2.24, 2.45) is 0 Å². The van der Waals surface area contributed by atoms with Gasteiger partial charge in [-0.2, -0.15) is 0 Å². The number of likely N-dealkylation sites (tertiary alicyclic amines) is 1. The van der Waals surface area contributed by atoms with Crippen molar-refractivity contribution < 1.29 is 19.2 Å². The van der Waals surface area contributed by atoms with Gasteiger partial charge in [0.25, 0.3) is 5.91 Å². The van der Waals surface area contributed by atoms with Crippen molar-refractivity contribution in [3.8, 4) is 5.75 Å². The molecule has 2 heterocycles. The van der Waals surface area contributed by atoms with Crippen LogP contribution >= 0.6 is 11.6 Å². The molecule has 1 fully saturated rings. The fourth-order valence-corrected chi connectivity index (χ4v) is 3.35. The maximum Gasteiger partial charge on any atom is 0.276 e. The maximum absolute atomic E-state index is 12.5. The smallest absolute Gasteiger partial charge is 0.276 e. The van der Waals surface area contributed by atoms with Gasteiger partial charge in [0.1, 0.15) is 23.7 Å². The van der Waals surface area contributed by atoms with Gasteiger partial charge in [0.05, 0.1) is 6.54 Å². The number of nitrogens with zero attached hydrogens (tertiary/aromatic N) is 2. The highest BCUT2D eigenvalue weighted by Crippen LogP contribution is 2.28. The minimum atomic E-state index is -1.10. The van der Waals surface area contributed by atoms with E-state index >= 15 is 0 Å². The van der Waals surface area contributed by atoms with Crippen LogP contribution in [0.2, 0.25) is 5.02 Å². The van der Waals surface area contributed by atoms with Crippen LogP contribution in [-0.2, 0) is 0 Å². The third-order valence-electron chi connectivity index (χ3n) is 4.61. The van der Waals surface area contributed by atoms with E-state index in [9.17, 15) is 9.90 Å². The number of β-amino-alcohol motifs (C(OH)–C–C–N with tert-alkyl or cyclic N) is 1. The minimum absolute atomic E-state index is 0.106. The van der Waals surface area contributed by atoms with Crippen LogP contribution in [0, 0.1) is 20.8 Å². The van der Waals surface area contributed by atoms with E-state index < -0.39 is 5.60 Å². The molecule has 3 rings (SSSR count). The lowest BCUT2D eigenvalue weighted by Crippen LogP contribution is -2.53. The number of piperidine rings is 1. The van der Waals surface area contributed by atoms with Crippen LogP contribution in [0.25, 0.3) is 0 Å². The van der Waals surface area contributed by atoms with Gasteiger partial charge >= 0.3 is 0 Å². The van der Waals surface area contributed by atoms with E-state index in [1.165, 1.54) is 0 Å². The van der Waals surface area contributed by atoms with Crippen molar-refractivity contribution in [2.75, 3.05) is 19.7 Å². The molecule has 1 N–H and O–H groups in total. The molecule has 1 saturated heterocycles. The molecular weight excluding hydrogens is 356 g/mol. The minimum Gasteiger partial charge on any atom is -0.491 e. The second kappa shape index (κ2) is 7.29. The van der Waals surface area contributed by atoms with Crippen molar-refractivity contribution in [2.45, 2.75) is 39.2 Å². The number of carbonyl (C=O) groups excluding carboxylic acids is 1. The number of ether oxygens (including phenoxy) is 1. The van der Waals surface area contributed by atoms with Gasteiger partial charge in [-0.05, 0) is 56.9 Å². The second-order valence-electron chi connectivity index (χ2n) is 7.04. The summed E-state index contributed by atoms with van der Waals surface area (Å²) < 4.78 is 10.8. The van der Waals surface area contributed by atoms with E-state index in [-0.39, 0.29) is 24.8 Å². The van der Waals surface area contributed by atoms with Crippen LogP contribution in [0.15, 0.2) is 22.7 Å². The summed E-state index contributed by atoms with van der Waals surface area (Å²) in [6.07, 6.45) is 1.27. The van der Waals surface area contributed by atoms with Crippen molar-refractivity contribution in [1.82, 2.24) is 10.1 Å². The van der Waals surface area contributed by atoms with Crippen molar-refractivity contribution >= 4 is 17.5 Å². The highest BCUT2D eigenvalue weighted by atomic mass is 35.5. The van der Waals surface area contributed by atoms with Crippen LogP contribution in [0.4, 0.5) is 0 Å².